The lowest BCUT2D eigenvalue weighted by molar-refractivity contribution is -0.277. The molecule has 29 heavy (non-hydrogen) atoms. The Bertz CT molecular complexity index is 871. The summed E-state index contributed by atoms with van der Waals surface area (Å²) >= 11 is 0. The fraction of sp³-hybridized carbons (Fsp3) is 0.350. The Morgan fingerprint density at radius 3 is 2.45 bits per heavy atom. The Hall–Kier alpha value is -2.56. The van der Waals surface area contributed by atoms with E-state index in [0.717, 1.165) is 0 Å². The van der Waals surface area contributed by atoms with Crippen LogP contribution in [0.4, 0.5) is 4.39 Å². The van der Waals surface area contributed by atoms with Crippen LogP contribution in [0.15, 0.2) is 42.5 Å². The zero-order valence-electron chi connectivity index (χ0n) is 15.4. The van der Waals surface area contributed by atoms with Crippen molar-refractivity contribution in [3.05, 3.63) is 53.8 Å². The van der Waals surface area contributed by atoms with Gasteiger partial charge in [-0.25, -0.2) is 9.18 Å². The topological polar surface area (TPSA) is 126 Å². The highest BCUT2D eigenvalue weighted by Crippen LogP contribution is 2.29. The predicted molar refractivity (Wildman–Crippen MR) is 97.6 cm³/mol. The van der Waals surface area contributed by atoms with Crippen molar-refractivity contribution in [2.75, 3.05) is 13.7 Å². The zero-order valence-corrected chi connectivity index (χ0v) is 15.4. The molecule has 0 saturated carbocycles. The highest BCUT2D eigenvalue weighted by atomic mass is 19.1. The van der Waals surface area contributed by atoms with Gasteiger partial charge in [-0.3, -0.25) is 0 Å². The smallest absolute Gasteiger partial charge is 0.337 e. The van der Waals surface area contributed by atoms with Gasteiger partial charge in [0.2, 0.25) is 6.29 Å². The lowest BCUT2D eigenvalue weighted by Gasteiger charge is -2.39. The maximum Gasteiger partial charge on any atom is 0.337 e. The third-order valence-corrected chi connectivity index (χ3v) is 4.64. The minimum atomic E-state index is -1.65. The molecule has 0 aliphatic carbocycles. The second kappa shape index (κ2) is 8.85. The molecule has 1 unspecified atom stereocenters. The fourth-order valence-electron chi connectivity index (χ4n) is 3.01. The van der Waals surface area contributed by atoms with Crippen molar-refractivity contribution in [3.63, 3.8) is 0 Å². The van der Waals surface area contributed by atoms with Crippen LogP contribution < -0.4 is 4.74 Å². The summed E-state index contributed by atoms with van der Waals surface area (Å²) in [5.74, 6) is -1.56. The van der Waals surface area contributed by atoms with Crippen molar-refractivity contribution >= 4 is 5.97 Å². The molecule has 156 valence electrons. The van der Waals surface area contributed by atoms with Crippen LogP contribution in [0.1, 0.15) is 10.4 Å². The van der Waals surface area contributed by atoms with Crippen LogP contribution in [0.2, 0.25) is 0 Å². The van der Waals surface area contributed by atoms with E-state index >= 15 is 0 Å². The van der Waals surface area contributed by atoms with E-state index in [1.807, 2.05) is 0 Å². The molecule has 8 nitrogen and oxygen atoms in total. The van der Waals surface area contributed by atoms with Crippen LogP contribution in [0, 0.1) is 5.82 Å². The molecular formula is C20H21FO8. The predicted octanol–water partition coefficient (Wildman–Crippen LogP) is 0.458. The average Bonchev–Trinajstić information content (AvgIpc) is 2.74. The van der Waals surface area contributed by atoms with E-state index < -0.39 is 49.1 Å². The molecule has 1 aliphatic heterocycles. The SMILES string of the molecule is COC(=O)c1cccc(-c2ccc(OC3O[C@@H](CO)[C@@H](O)[C@H](O)[C@H]3O)c(F)c2)c1. The molecular weight excluding hydrogens is 387 g/mol. The quantitative estimate of drug-likeness (QED) is 0.526. The summed E-state index contributed by atoms with van der Waals surface area (Å²) < 4.78 is 29.8. The summed E-state index contributed by atoms with van der Waals surface area (Å²) in [6.07, 6.45) is -7.47. The van der Waals surface area contributed by atoms with Crippen molar-refractivity contribution in [2.24, 2.45) is 0 Å². The number of aliphatic hydroxyl groups is 4. The van der Waals surface area contributed by atoms with Gasteiger partial charge in [0, 0.05) is 0 Å². The van der Waals surface area contributed by atoms with Crippen LogP contribution in [0.25, 0.3) is 11.1 Å². The molecule has 1 aliphatic rings. The van der Waals surface area contributed by atoms with Crippen molar-refractivity contribution in [3.8, 4) is 16.9 Å². The minimum absolute atomic E-state index is 0.262. The molecule has 3 rings (SSSR count). The minimum Gasteiger partial charge on any atom is -0.465 e. The van der Waals surface area contributed by atoms with Gasteiger partial charge in [0.1, 0.15) is 24.4 Å². The summed E-state index contributed by atoms with van der Waals surface area (Å²) in [6.45, 7) is -0.622. The number of esters is 1. The molecule has 9 heteroatoms. The first-order chi connectivity index (χ1) is 13.8. The Morgan fingerprint density at radius 1 is 1.07 bits per heavy atom. The summed E-state index contributed by atoms with van der Waals surface area (Å²) in [7, 11) is 1.26. The molecule has 0 spiro atoms. The van der Waals surface area contributed by atoms with Gasteiger partial charge in [0.05, 0.1) is 19.3 Å². The molecule has 4 N–H and O–H groups in total. The summed E-state index contributed by atoms with van der Waals surface area (Å²) in [4.78, 5) is 11.7. The monoisotopic (exact) mass is 408 g/mol. The second-order valence-corrected chi connectivity index (χ2v) is 6.53. The maximum atomic E-state index is 14.6. The largest absolute Gasteiger partial charge is 0.465 e. The zero-order chi connectivity index (χ0) is 21.1. The Labute approximate surface area is 165 Å². The van der Waals surface area contributed by atoms with E-state index in [9.17, 15) is 29.6 Å². The number of halogens is 1. The molecule has 1 fully saturated rings. The Morgan fingerprint density at radius 2 is 1.79 bits per heavy atom. The summed E-state index contributed by atoms with van der Waals surface area (Å²) in [6, 6.07) is 10.5. The lowest BCUT2D eigenvalue weighted by Crippen LogP contribution is -2.60. The molecule has 0 amide bonds. The van der Waals surface area contributed by atoms with E-state index in [4.69, 9.17) is 9.47 Å². The normalized spacial score (nSPS) is 26.8. The lowest BCUT2D eigenvalue weighted by atomic mass is 9.99. The maximum absolute atomic E-state index is 14.6. The summed E-state index contributed by atoms with van der Waals surface area (Å²) in [5, 5.41) is 38.8. The fourth-order valence-corrected chi connectivity index (χ4v) is 3.01. The summed E-state index contributed by atoms with van der Waals surface area (Å²) in [5.41, 5.74) is 1.35. The number of carbonyl (C=O) groups is 1. The number of benzene rings is 2. The molecule has 0 aromatic heterocycles. The van der Waals surface area contributed by atoms with Gasteiger partial charge >= 0.3 is 5.97 Å². The number of ether oxygens (including phenoxy) is 3. The number of hydrogen-bond donors (Lipinski definition) is 4. The van der Waals surface area contributed by atoms with Gasteiger partial charge in [0.25, 0.3) is 0 Å². The van der Waals surface area contributed by atoms with Gasteiger partial charge in [0.15, 0.2) is 11.6 Å². The second-order valence-electron chi connectivity index (χ2n) is 6.53. The molecule has 0 radical (unpaired) electrons. The molecule has 1 saturated heterocycles. The third-order valence-electron chi connectivity index (χ3n) is 4.64. The number of methoxy groups -OCH3 is 1. The Kier molecular flexibility index (Phi) is 6.46. The third kappa shape index (κ3) is 4.39. The number of aliphatic hydroxyl groups excluding tert-OH is 4. The first-order valence-corrected chi connectivity index (χ1v) is 8.81. The van der Waals surface area contributed by atoms with Crippen LogP contribution >= 0.6 is 0 Å². The van der Waals surface area contributed by atoms with Crippen LogP contribution in [0.3, 0.4) is 0 Å². The average molecular weight is 408 g/mol. The highest BCUT2D eigenvalue weighted by Gasteiger charge is 2.44. The van der Waals surface area contributed by atoms with Crippen LogP contribution in [-0.4, -0.2) is 70.8 Å². The van der Waals surface area contributed by atoms with E-state index in [-0.39, 0.29) is 5.75 Å². The van der Waals surface area contributed by atoms with Crippen LogP contribution in [0.5, 0.6) is 5.75 Å². The van der Waals surface area contributed by atoms with Crippen molar-refractivity contribution < 1.29 is 43.8 Å². The highest BCUT2D eigenvalue weighted by molar-refractivity contribution is 5.91. The van der Waals surface area contributed by atoms with Gasteiger partial charge < -0.3 is 34.6 Å². The number of carbonyl (C=O) groups excluding carboxylic acids is 1. The Balaban J connectivity index is 1.81. The molecule has 5 atom stereocenters. The number of hydrogen-bond acceptors (Lipinski definition) is 8. The van der Waals surface area contributed by atoms with Gasteiger partial charge in [-0.15, -0.1) is 0 Å². The molecule has 0 bridgehead atoms. The standard InChI is InChI=1S/C20H21FO8/c1-27-19(26)12-4-2-3-10(7-12)11-5-6-14(13(21)8-11)28-20-18(25)17(24)16(23)15(9-22)29-20/h2-8,15-18,20,22-25H,9H2,1H3/t15-,16+,17-,18+,20?/m0/s1. The van der Waals surface area contributed by atoms with Gasteiger partial charge in [-0.1, -0.05) is 18.2 Å². The molecule has 2 aromatic rings. The van der Waals surface area contributed by atoms with Gasteiger partial charge in [-0.05, 0) is 35.4 Å². The molecule has 1 heterocycles. The van der Waals surface area contributed by atoms with E-state index in [1.54, 1.807) is 30.3 Å². The molecule has 2 aromatic carbocycles. The van der Waals surface area contributed by atoms with Crippen molar-refractivity contribution in [2.45, 2.75) is 30.7 Å². The van der Waals surface area contributed by atoms with Crippen LogP contribution in [-0.2, 0) is 9.47 Å². The first-order valence-electron chi connectivity index (χ1n) is 8.81. The number of rotatable bonds is 5. The van der Waals surface area contributed by atoms with E-state index in [0.29, 0.717) is 16.7 Å². The first kappa shape index (κ1) is 21.2. The van der Waals surface area contributed by atoms with Gasteiger partial charge in [-0.2, -0.15) is 0 Å². The van der Waals surface area contributed by atoms with E-state index in [2.05, 4.69) is 4.74 Å². The van der Waals surface area contributed by atoms with Crippen molar-refractivity contribution in [1.82, 2.24) is 0 Å². The van der Waals surface area contributed by atoms with Crippen molar-refractivity contribution in [1.29, 1.82) is 0 Å². The van der Waals surface area contributed by atoms with E-state index in [1.165, 1.54) is 19.2 Å².